The Kier molecular flexibility index (Phi) is 2.96. The van der Waals surface area contributed by atoms with E-state index in [0.29, 0.717) is 6.07 Å². The van der Waals surface area contributed by atoms with E-state index in [1.807, 2.05) is 0 Å². The predicted octanol–water partition coefficient (Wildman–Crippen LogP) is 2.52. The maximum Gasteiger partial charge on any atom is 0.368 e. The fraction of sp³-hybridized carbons (Fsp3) is 0. The highest BCUT2D eigenvalue weighted by molar-refractivity contribution is 6.39. The van der Waals surface area contributed by atoms with Gasteiger partial charge < -0.3 is 5.11 Å². The number of rotatable bonds is 2. The maximum atomic E-state index is 10.5. The summed E-state index contributed by atoms with van der Waals surface area (Å²) >= 11 is 10.7. The molecule has 0 atom stereocenters. The number of hydrogen-bond acceptors (Lipinski definition) is 5. The van der Waals surface area contributed by atoms with Crippen molar-refractivity contribution < 1.29 is 15.0 Å². The van der Waals surface area contributed by atoms with Crippen molar-refractivity contribution in [3.05, 3.63) is 36.3 Å². The second kappa shape index (κ2) is 3.87. The summed E-state index contributed by atoms with van der Waals surface area (Å²) < 4.78 is 0. The molecule has 80 valence electrons. The summed E-state index contributed by atoms with van der Waals surface area (Å²) in [7, 11) is 0. The molecule has 1 N–H and O–H groups in total. The van der Waals surface area contributed by atoms with Crippen LogP contribution in [-0.4, -0.2) is 15.0 Å². The van der Waals surface area contributed by atoms with Gasteiger partial charge in [0, 0.05) is 6.07 Å². The third kappa shape index (κ3) is 1.92. The van der Waals surface area contributed by atoms with Gasteiger partial charge in [0.1, 0.15) is 0 Å². The molecular weight excluding hydrogens is 251 g/mol. The molecular formula is C6H2Cl2N2O5. The normalized spacial score (nSPS) is 10.0. The molecule has 0 saturated heterocycles. The second-order valence-electron chi connectivity index (χ2n) is 2.40. The lowest BCUT2D eigenvalue weighted by Crippen LogP contribution is -1.97. The van der Waals surface area contributed by atoms with Crippen LogP contribution < -0.4 is 0 Å². The summed E-state index contributed by atoms with van der Waals surface area (Å²) in [6.07, 6.45) is 0. The van der Waals surface area contributed by atoms with Crippen molar-refractivity contribution >= 4 is 34.6 Å². The Bertz CT molecular complexity index is 461. The number of phenols is 1. The van der Waals surface area contributed by atoms with Crippen LogP contribution in [0, 0.1) is 20.2 Å². The topological polar surface area (TPSA) is 107 Å². The van der Waals surface area contributed by atoms with Crippen LogP contribution in [0.15, 0.2) is 6.07 Å². The first-order valence-electron chi connectivity index (χ1n) is 3.36. The standard InChI is InChI=1S/C6H2Cl2N2O5/c7-2-1-3(9(12)13)5(10(14)15)4(8)6(2)11/h1,11H. The lowest BCUT2D eigenvalue weighted by molar-refractivity contribution is -0.422. The van der Waals surface area contributed by atoms with E-state index in [1.54, 1.807) is 0 Å². The molecule has 0 amide bonds. The number of hydrogen-bond donors (Lipinski definition) is 1. The molecule has 0 saturated carbocycles. The van der Waals surface area contributed by atoms with Gasteiger partial charge in [-0.1, -0.05) is 23.2 Å². The predicted molar refractivity (Wildman–Crippen MR) is 51.4 cm³/mol. The Hall–Kier alpha value is -1.60. The highest BCUT2D eigenvalue weighted by atomic mass is 35.5. The van der Waals surface area contributed by atoms with Crippen molar-refractivity contribution in [1.82, 2.24) is 0 Å². The van der Waals surface area contributed by atoms with Gasteiger partial charge in [-0.25, -0.2) is 0 Å². The average molecular weight is 253 g/mol. The van der Waals surface area contributed by atoms with Crippen LogP contribution in [0.1, 0.15) is 0 Å². The second-order valence-corrected chi connectivity index (χ2v) is 3.19. The number of phenolic OH excluding ortho intramolecular Hbond substituents is 1. The van der Waals surface area contributed by atoms with Crippen LogP contribution in [0.3, 0.4) is 0 Å². The molecule has 0 fully saturated rings. The molecule has 0 aliphatic carbocycles. The van der Waals surface area contributed by atoms with Gasteiger partial charge >= 0.3 is 11.4 Å². The summed E-state index contributed by atoms with van der Waals surface area (Å²) in [4.78, 5) is 18.9. The van der Waals surface area contributed by atoms with Gasteiger partial charge in [0.2, 0.25) is 0 Å². The SMILES string of the molecule is O=[N+]([O-])c1cc(Cl)c(O)c(Cl)c1[N+](=O)[O-]. The van der Waals surface area contributed by atoms with Crippen molar-refractivity contribution in [2.24, 2.45) is 0 Å². The number of nitro groups is 2. The number of benzene rings is 1. The van der Waals surface area contributed by atoms with Crippen molar-refractivity contribution in [1.29, 1.82) is 0 Å². The first-order valence-corrected chi connectivity index (χ1v) is 4.11. The summed E-state index contributed by atoms with van der Waals surface area (Å²) in [5.74, 6) is -0.754. The zero-order chi connectivity index (χ0) is 11.7. The molecule has 0 radical (unpaired) electrons. The maximum absolute atomic E-state index is 10.5. The first kappa shape index (κ1) is 11.5. The number of aromatic hydroxyl groups is 1. The first-order chi connectivity index (χ1) is 6.86. The largest absolute Gasteiger partial charge is 0.505 e. The molecule has 15 heavy (non-hydrogen) atoms. The lowest BCUT2D eigenvalue weighted by Gasteiger charge is -2.01. The van der Waals surface area contributed by atoms with Crippen molar-refractivity contribution in [3.8, 4) is 5.75 Å². The van der Waals surface area contributed by atoms with E-state index in [4.69, 9.17) is 28.3 Å². The average Bonchev–Trinajstić information content (AvgIpc) is 2.12. The summed E-state index contributed by atoms with van der Waals surface area (Å²) in [5, 5.41) is 28.9. The van der Waals surface area contributed by atoms with Crippen LogP contribution in [0.5, 0.6) is 5.75 Å². The van der Waals surface area contributed by atoms with Gasteiger partial charge in [0.25, 0.3) is 0 Å². The van der Waals surface area contributed by atoms with Crippen LogP contribution in [-0.2, 0) is 0 Å². The Morgan fingerprint density at radius 2 is 1.73 bits per heavy atom. The zero-order valence-electron chi connectivity index (χ0n) is 6.81. The summed E-state index contributed by atoms with van der Waals surface area (Å²) in [6, 6.07) is 0.668. The third-order valence-electron chi connectivity index (χ3n) is 1.53. The minimum atomic E-state index is -1.06. The van der Waals surface area contributed by atoms with Gasteiger partial charge in [0.15, 0.2) is 10.8 Å². The third-order valence-corrected chi connectivity index (χ3v) is 2.17. The molecule has 9 heteroatoms. The minimum Gasteiger partial charge on any atom is -0.505 e. The molecule has 7 nitrogen and oxygen atoms in total. The highest BCUT2D eigenvalue weighted by Crippen LogP contribution is 2.44. The Labute approximate surface area is 92.1 Å². The van der Waals surface area contributed by atoms with Gasteiger partial charge in [-0.05, 0) is 0 Å². The Morgan fingerprint density at radius 3 is 2.13 bits per heavy atom. The minimum absolute atomic E-state index is 0.419. The van der Waals surface area contributed by atoms with E-state index in [1.165, 1.54) is 0 Å². The lowest BCUT2D eigenvalue weighted by atomic mass is 10.2. The molecule has 0 aliphatic heterocycles. The summed E-state index contributed by atoms with van der Waals surface area (Å²) in [5.41, 5.74) is -1.85. The monoisotopic (exact) mass is 252 g/mol. The number of nitrogens with zero attached hydrogens (tertiary/aromatic N) is 2. The van der Waals surface area contributed by atoms with E-state index in [2.05, 4.69) is 0 Å². The highest BCUT2D eigenvalue weighted by Gasteiger charge is 2.32. The van der Waals surface area contributed by atoms with Crippen LogP contribution in [0.2, 0.25) is 10.0 Å². The fourth-order valence-electron chi connectivity index (χ4n) is 0.899. The Morgan fingerprint density at radius 1 is 1.20 bits per heavy atom. The van der Waals surface area contributed by atoms with E-state index in [-0.39, 0.29) is 0 Å². The zero-order valence-corrected chi connectivity index (χ0v) is 8.32. The molecule has 1 aromatic carbocycles. The molecule has 0 aromatic heterocycles. The van der Waals surface area contributed by atoms with E-state index in [0.717, 1.165) is 0 Å². The van der Waals surface area contributed by atoms with Crippen molar-refractivity contribution in [2.45, 2.75) is 0 Å². The molecule has 0 unspecified atom stereocenters. The van der Waals surface area contributed by atoms with Gasteiger partial charge in [-0.15, -0.1) is 0 Å². The van der Waals surface area contributed by atoms with Crippen molar-refractivity contribution in [3.63, 3.8) is 0 Å². The summed E-state index contributed by atoms with van der Waals surface area (Å²) in [6.45, 7) is 0. The molecule has 1 rings (SSSR count). The fourth-order valence-corrected chi connectivity index (χ4v) is 1.41. The van der Waals surface area contributed by atoms with E-state index in [9.17, 15) is 20.2 Å². The molecule has 0 aliphatic rings. The quantitative estimate of drug-likeness (QED) is 0.643. The van der Waals surface area contributed by atoms with Gasteiger partial charge in [-0.3, -0.25) is 20.2 Å². The van der Waals surface area contributed by atoms with E-state index < -0.39 is 37.0 Å². The Balaban J connectivity index is 3.65. The van der Waals surface area contributed by atoms with Gasteiger partial charge in [-0.2, -0.15) is 0 Å². The van der Waals surface area contributed by atoms with Crippen LogP contribution in [0.25, 0.3) is 0 Å². The molecule has 0 heterocycles. The number of halogens is 2. The van der Waals surface area contributed by atoms with Crippen LogP contribution in [0.4, 0.5) is 11.4 Å². The molecule has 1 aromatic rings. The molecule has 0 bridgehead atoms. The smallest absolute Gasteiger partial charge is 0.368 e. The molecule has 0 spiro atoms. The van der Waals surface area contributed by atoms with Crippen molar-refractivity contribution in [2.75, 3.05) is 0 Å². The number of nitro benzene ring substituents is 2. The van der Waals surface area contributed by atoms with Crippen LogP contribution >= 0.6 is 23.2 Å². The van der Waals surface area contributed by atoms with Gasteiger partial charge in [0.05, 0.1) is 14.9 Å². The van der Waals surface area contributed by atoms with E-state index >= 15 is 0 Å².